The van der Waals surface area contributed by atoms with Gasteiger partial charge >= 0.3 is 0 Å². The zero-order valence-corrected chi connectivity index (χ0v) is 20.2. The number of hydrogen-bond acceptors (Lipinski definition) is 10. The number of aromatic hydroxyl groups is 2. The van der Waals surface area contributed by atoms with Crippen LogP contribution < -0.4 is 14.2 Å². The van der Waals surface area contributed by atoms with Gasteiger partial charge in [-0.1, -0.05) is 18.7 Å². The summed E-state index contributed by atoms with van der Waals surface area (Å²) in [5.41, 5.74) is 0.934. The molecular weight excluding hydrogens is 484 g/mol. The highest BCUT2D eigenvalue weighted by Gasteiger charge is 2.40. The van der Waals surface area contributed by atoms with Crippen LogP contribution >= 0.6 is 0 Å². The first-order valence-corrected chi connectivity index (χ1v) is 11.4. The number of hydrogen-bond donors (Lipinski definition) is 5. The maximum absolute atomic E-state index is 13.0. The monoisotopic (exact) mass is 512 g/mol. The summed E-state index contributed by atoms with van der Waals surface area (Å²) in [4.78, 5) is 13.0. The lowest BCUT2D eigenvalue weighted by molar-refractivity contribution is 0.00629. The quantitative estimate of drug-likeness (QED) is 0.404. The summed E-state index contributed by atoms with van der Waals surface area (Å²) in [6.45, 7) is 3.38. The minimum atomic E-state index is -1.71. The number of aliphatic hydroxyl groups excluding tert-OH is 3. The van der Waals surface area contributed by atoms with E-state index in [4.69, 9.17) is 18.9 Å². The van der Waals surface area contributed by atoms with Crippen LogP contribution in [-0.2, 0) is 4.74 Å². The summed E-state index contributed by atoms with van der Waals surface area (Å²) in [5, 5.41) is 51.9. The van der Waals surface area contributed by atoms with Crippen molar-refractivity contribution in [2.24, 2.45) is 5.92 Å². The van der Waals surface area contributed by atoms with Crippen LogP contribution in [0.1, 0.15) is 22.0 Å². The molecule has 2 aromatic rings. The van der Waals surface area contributed by atoms with Crippen molar-refractivity contribution in [2.45, 2.75) is 18.3 Å². The average Bonchev–Trinajstić information content (AvgIpc) is 2.93. The molecule has 5 N–H and O–H groups in total. The van der Waals surface area contributed by atoms with Gasteiger partial charge in [-0.05, 0) is 34.9 Å². The minimum Gasteiger partial charge on any atom is -0.510 e. The van der Waals surface area contributed by atoms with Crippen LogP contribution in [0.2, 0.25) is 0 Å². The van der Waals surface area contributed by atoms with Crippen LogP contribution in [0.3, 0.4) is 0 Å². The molecule has 2 aliphatic rings. The molecule has 0 aliphatic carbocycles. The van der Waals surface area contributed by atoms with Crippen molar-refractivity contribution in [1.82, 2.24) is 0 Å². The highest BCUT2D eigenvalue weighted by Crippen LogP contribution is 2.41. The van der Waals surface area contributed by atoms with Gasteiger partial charge in [0, 0.05) is 18.1 Å². The van der Waals surface area contributed by atoms with E-state index in [0.717, 1.165) is 0 Å². The van der Waals surface area contributed by atoms with Crippen LogP contribution in [0, 0.1) is 5.92 Å². The Morgan fingerprint density at radius 1 is 1.03 bits per heavy atom. The molecule has 0 bridgehead atoms. The van der Waals surface area contributed by atoms with Gasteiger partial charge in [-0.15, -0.1) is 0 Å². The molecule has 0 spiro atoms. The Hall–Kier alpha value is -3.99. The number of fused-ring (bicyclic) bond motifs is 1. The summed E-state index contributed by atoms with van der Waals surface area (Å²) in [6, 6.07) is 7.24. The average molecular weight is 513 g/mol. The molecule has 0 saturated heterocycles. The maximum atomic E-state index is 13.0. The van der Waals surface area contributed by atoms with E-state index in [-0.39, 0.29) is 46.5 Å². The van der Waals surface area contributed by atoms with E-state index in [1.807, 2.05) is 0 Å². The first-order valence-electron chi connectivity index (χ1n) is 11.4. The number of benzene rings is 2. The fourth-order valence-corrected chi connectivity index (χ4v) is 4.43. The minimum absolute atomic E-state index is 0.000414. The number of rotatable bonds is 5. The molecule has 0 amide bonds. The van der Waals surface area contributed by atoms with Crippen molar-refractivity contribution < 1.29 is 49.3 Å². The van der Waals surface area contributed by atoms with Gasteiger partial charge in [-0.2, -0.15) is 0 Å². The van der Waals surface area contributed by atoms with Crippen molar-refractivity contribution in [3.8, 4) is 28.7 Å². The van der Waals surface area contributed by atoms with Gasteiger partial charge in [-0.25, -0.2) is 0 Å². The highest BCUT2D eigenvalue weighted by molar-refractivity contribution is 6.06. The van der Waals surface area contributed by atoms with Gasteiger partial charge in [0.1, 0.15) is 35.2 Å². The first-order chi connectivity index (χ1) is 17.7. The fraction of sp³-hybridized carbons (Fsp3) is 0.296. The highest BCUT2D eigenvalue weighted by atomic mass is 16.5. The number of aliphatic hydroxyl groups is 3. The summed E-state index contributed by atoms with van der Waals surface area (Å²) in [5.74, 6) is -1.75. The van der Waals surface area contributed by atoms with Crippen LogP contribution in [0.4, 0.5) is 0 Å². The maximum Gasteiger partial charge on any atom is 0.202 e. The van der Waals surface area contributed by atoms with Crippen molar-refractivity contribution in [3.63, 3.8) is 0 Å². The summed E-state index contributed by atoms with van der Waals surface area (Å²) in [6.07, 6.45) is -0.968. The summed E-state index contributed by atoms with van der Waals surface area (Å²) < 4.78 is 22.2. The number of ketones is 1. The largest absolute Gasteiger partial charge is 0.510 e. The Morgan fingerprint density at radius 2 is 1.78 bits per heavy atom. The number of carbonyl (C=O) groups excluding carboxylic acids is 1. The number of phenols is 2. The number of Topliss-reactive ketones (excluding diaryl/α,β-unsaturated/α-hetero) is 1. The van der Waals surface area contributed by atoms with Gasteiger partial charge in [0.2, 0.25) is 5.78 Å². The van der Waals surface area contributed by atoms with Gasteiger partial charge in [0.25, 0.3) is 0 Å². The third-order valence-corrected chi connectivity index (χ3v) is 6.34. The Kier molecular flexibility index (Phi) is 7.44. The number of allylic oxidation sites excluding steroid dienone is 1. The fourth-order valence-electron chi connectivity index (χ4n) is 4.43. The van der Waals surface area contributed by atoms with Gasteiger partial charge < -0.3 is 44.5 Å². The smallest absolute Gasteiger partial charge is 0.202 e. The molecule has 2 aliphatic heterocycles. The molecule has 4 rings (SSSR count). The third kappa shape index (κ3) is 4.99. The Morgan fingerprint density at radius 3 is 2.46 bits per heavy atom. The second kappa shape index (κ2) is 10.6. The molecule has 0 fully saturated rings. The van der Waals surface area contributed by atoms with E-state index in [0.29, 0.717) is 11.1 Å². The zero-order chi connectivity index (χ0) is 26.9. The third-order valence-electron chi connectivity index (χ3n) is 6.34. The van der Waals surface area contributed by atoms with Gasteiger partial charge in [0.15, 0.2) is 23.7 Å². The molecule has 196 valence electrons. The molecule has 37 heavy (non-hydrogen) atoms. The van der Waals surface area contributed by atoms with Gasteiger partial charge in [-0.3, -0.25) is 4.79 Å². The Bertz CT molecular complexity index is 1280. The normalized spacial score (nSPS) is 26.8. The van der Waals surface area contributed by atoms with E-state index in [2.05, 4.69) is 6.58 Å². The SMILES string of the molecule is C=C1/C=C([C@H]2Oc3cc(OC)cc(O)c3C(=O)[C@@H]2O)\C=C(\O)CO[C@H](c2ccc(O)c(OC)c2)[C@H]1CO. The molecule has 0 unspecified atom stereocenters. The van der Waals surface area contributed by atoms with E-state index in [1.165, 1.54) is 44.6 Å². The van der Waals surface area contributed by atoms with E-state index in [9.17, 15) is 30.3 Å². The second-order valence-electron chi connectivity index (χ2n) is 8.67. The molecule has 4 atom stereocenters. The first kappa shape index (κ1) is 26.1. The lowest BCUT2D eigenvalue weighted by Gasteiger charge is -2.31. The molecule has 0 radical (unpaired) electrons. The van der Waals surface area contributed by atoms with Crippen molar-refractivity contribution in [3.05, 3.63) is 77.1 Å². The van der Waals surface area contributed by atoms with Crippen LogP contribution in [-0.4, -0.2) is 71.0 Å². The molecule has 0 saturated carbocycles. The Balaban J connectivity index is 1.74. The van der Waals surface area contributed by atoms with E-state index < -0.39 is 42.4 Å². The van der Waals surface area contributed by atoms with Crippen LogP contribution in [0.25, 0.3) is 0 Å². The topological polar surface area (TPSA) is 155 Å². The van der Waals surface area contributed by atoms with E-state index in [1.54, 1.807) is 12.1 Å². The predicted octanol–water partition coefficient (Wildman–Crippen LogP) is 2.72. The number of methoxy groups -OCH3 is 2. The molecular formula is C27H28O10. The Labute approximate surface area is 212 Å². The van der Waals surface area contributed by atoms with Crippen molar-refractivity contribution in [1.29, 1.82) is 0 Å². The van der Waals surface area contributed by atoms with E-state index >= 15 is 0 Å². The number of phenolic OH excluding ortho intramolecular Hbond substituents is 2. The summed E-state index contributed by atoms with van der Waals surface area (Å²) >= 11 is 0. The molecule has 2 aromatic carbocycles. The molecule has 2 heterocycles. The number of carbonyl (C=O) groups is 1. The number of ether oxygens (including phenoxy) is 4. The second-order valence-corrected chi connectivity index (χ2v) is 8.67. The molecule has 10 heteroatoms. The van der Waals surface area contributed by atoms with Crippen LogP contribution in [0.15, 0.2) is 66.0 Å². The standard InChI is InChI=1S/C27H28O10/c1-13-6-15(27-25(33)24(32)23-20(31)9-17(34-2)10-22(23)37-27)7-16(29)12-36-26(18(13)11-28)14-4-5-19(30)21(8-14)35-3/h4-10,18,25-31,33H,1,11-12H2,2-3H3/b15-6+,16-7+/t18-,25-,26+,27+/m0/s1. The van der Waals surface area contributed by atoms with Crippen LogP contribution in [0.5, 0.6) is 28.7 Å². The predicted molar refractivity (Wildman–Crippen MR) is 131 cm³/mol. The molecule has 0 aromatic heterocycles. The lowest BCUT2D eigenvalue weighted by Crippen LogP contribution is -2.43. The van der Waals surface area contributed by atoms with Crippen molar-refractivity contribution in [2.75, 3.05) is 27.4 Å². The zero-order valence-electron chi connectivity index (χ0n) is 20.2. The van der Waals surface area contributed by atoms with Gasteiger partial charge in [0.05, 0.1) is 26.9 Å². The van der Waals surface area contributed by atoms with Crippen molar-refractivity contribution >= 4 is 5.78 Å². The summed E-state index contributed by atoms with van der Waals surface area (Å²) in [7, 11) is 2.79. The molecule has 10 nitrogen and oxygen atoms in total. The lowest BCUT2D eigenvalue weighted by atomic mass is 9.86.